The van der Waals surface area contributed by atoms with E-state index in [4.69, 9.17) is 9.47 Å². The van der Waals surface area contributed by atoms with Crippen LogP contribution in [0.25, 0.3) is 0 Å². The predicted octanol–water partition coefficient (Wildman–Crippen LogP) is 2.38. The minimum atomic E-state index is -1.36. The first-order chi connectivity index (χ1) is 19.3. The van der Waals surface area contributed by atoms with E-state index in [1.165, 1.54) is 13.2 Å². The second-order valence-corrected chi connectivity index (χ2v) is 9.22. The van der Waals surface area contributed by atoms with Crippen LogP contribution in [0.2, 0.25) is 0 Å². The van der Waals surface area contributed by atoms with Crippen molar-refractivity contribution in [2.24, 2.45) is 10.9 Å². The maximum atomic E-state index is 14.2. The highest BCUT2D eigenvalue weighted by Gasteiger charge is 2.47. The number of halogens is 2. The summed E-state index contributed by atoms with van der Waals surface area (Å²) in [4.78, 5) is 45.6. The number of ether oxygens (including phenoxy) is 2. The summed E-state index contributed by atoms with van der Waals surface area (Å²) in [5.41, 5.74) is 1.45. The molecule has 2 aromatic carbocycles. The van der Waals surface area contributed by atoms with Gasteiger partial charge in [0.25, 0.3) is 0 Å². The summed E-state index contributed by atoms with van der Waals surface area (Å²) < 4.78 is 37.8. The summed E-state index contributed by atoms with van der Waals surface area (Å²) in [6.45, 7) is 1.61. The van der Waals surface area contributed by atoms with Crippen molar-refractivity contribution in [3.8, 4) is 6.07 Å². The average Bonchev–Trinajstić information content (AvgIpc) is 2.92. The van der Waals surface area contributed by atoms with Crippen molar-refractivity contribution in [3.63, 3.8) is 0 Å². The van der Waals surface area contributed by atoms with E-state index in [9.17, 15) is 28.4 Å². The van der Waals surface area contributed by atoms with E-state index in [2.05, 4.69) is 26.6 Å². The standard InChI is InChI=1S/C27H28F2N6O5/c1-39-15-21-23(25(36)40-2)24(16-7-8-19(28)20(29)11-16)35(27(38)33-21)26(37)32-10-9-31-18-13-34(14-18)22-6-4-3-5-17(22)12-30/h3-8,11,18,23-24,31H,9-10,13-15H2,1-2H3,(H,32,37)/t23?,24-/m0/s1. The lowest BCUT2D eigenvalue weighted by atomic mass is 9.86. The zero-order chi connectivity index (χ0) is 28.8. The number of urea groups is 2. The van der Waals surface area contributed by atoms with E-state index in [0.29, 0.717) is 30.1 Å². The van der Waals surface area contributed by atoms with Gasteiger partial charge in [-0.2, -0.15) is 10.3 Å². The molecule has 1 saturated heterocycles. The number of rotatable bonds is 9. The summed E-state index contributed by atoms with van der Waals surface area (Å²) >= 11 is 0. The van der Waals surface area contributed by atoms with Crippen molar-refractivity contribution in [1.29, 1.82) is 5.26 Å². The summed E-state index contributed by atoms with van der Waals surface area (Å²) in [6, 6.07) is 9.28. The summed E-state index contributed by atoms with van der Waals surface area (Å²) in [6.07, 6.45) is 0. The van der Waals surface area contributed by atoms with Gasteiger partial charge in [-0.1, -0.05) is 18.2 Å². The first-order valence-electron chi connectivity index (χ1n) is 12.5. The van der Waals surface area contributed by atoms with E-state index in [1.807, 2.05) is 18.2 Å². The Hall–Kier alpha value is -4.41. The Bertz CT molecular complexity index is 1360. The van der Waals surface area contributed by atoms with Crippen molar-refractivity contribution in [3.05, 3.63) is 65.2 Å². The number of imide groups is 1. The maximum Gasteiger partial charge on any atom is 0.352 e. The number of anilines is 1. The van der Waals surface area contributed by atoms with E-state index >= 15 is 0 Å². The van der Waals surface area contributed by atoms with Gasteiger partial charge in [-0.05, 0) is 29.8 Å². The first-order valence-corrected chi connectivity index (χ1v) is 12.5. The minimum Gasteiger partial charge on any atom is -0.468 e. The normalized spacial score (nSPS) is 19.0. The largest absolute Gasteiger partial charge is 0.468 e. The van der Waals surface area contributed by atoms with Crippen LogP contribution in [-0.2, 0) is 14.3 Å². The van der Waals surface area contributed by atoms with E-state index in [0.717, 1.165) is 24.9 Å². The lowest BCUT2D eigenvalue weighted by Crippen LogP contribution is -2.59. The smallest absolute Gasteiger partial charge is 0.352 e. The van der Waals surface area contributed by atoms with Crippen LogP contribution in [0.15, 0.2) is 47.5 Å². The van der Waals surface area contributed by atoms with Crippen LogP contribution in [0, 0.1) is 28.9 Å². The van der Waals surface area contributed by atoms with Crippen molar-refractivity contribution in [2.75, 3.05) is 51.9 Å². The summed E-state index contributed by atoms with van der Waals surface area (Å²) in [5.74, 6) is -4.46. The van der Waals surface area contributed by atoms with Gasteiger partial charge in [0.05, 0.1) is 36.7 Å². The summed E-state index contributed by atoms with van der Waals surface area (Å²) in [7, 11) is 2.46. The van der Waals surface area contributed by atoms with Gasteiger partial charge in [-0.15, -0.1) is 0 Å². The van der Waals surface area contributed by atoms with Crippen LogP contribution in [0.4, 0.5) is 24.1 Å². The number of hydrogen-bond acceptors (Lipinski definition) is 8. The fourth-order valence-electron chi connectivity index (χ4n) is 4.79. The Kier molecular flexibility index (Phi) is 9.03. The molecule has 2 aliphatic rings. The molecule has 0 radical (unpaired) electrons. The molecule has 0 spiro atoms. The molecule has 40 heavy (non-hydrogen) atoms. The quantitative estimate of drug-likeness (QED) is 0.356. The molecule has 0 aromatic heterocycles. The number of nitrogens with one attached hydrogen (secondary N) is 2. The highest BCUT2D eigenvalue weighted by atomic mass is 19.2. The fourth-order valence-corrected chi connectivity index (χ4v) is 4.79. The molecule has 2 aliphatic heterocycles. The summed E-state index contributed by atoms with van der Waals surface area (Å²) in [5, 5.41) is 15.2. The number of carbonyl (C=O) groups excluding carboxylic acids is 3. The lowest BCUT2D eigenvalue weighted by Gasteiger charge is -2.42. The molecule has 0 aliphatic carbocycles. The molecule has 2 heterocycles. The Morgan fingerprint density at radius 1 is 1.12 bits per heavy atom. The topological polar surface area (TPSA) is 136 Å². The van der Waals surface area contributed by atoms with Gasteiger partial charge in [0.15, 0.2) is 11.6 Å². The molecule has 2 N–H and O–H groups in total. The molecule has 1 unspecified atom stereocenters. The van der Waals surface area contributed by atoms with Crippen molar-refractivity contribution < 1.29 is 32.6 Å². The molecule has 2 aromatic rings. The lowest BCUT2D eigenvalue weighted by molar-refractivity contribution is -0.144. The number of aliphatic imine (C=N–C) groups is 1. The number of amides is 4. The van der Waals surface area contributed by atoms with Crippen LogP contribution < -0.4 is 15.5 Å². The number of nitrogens with zero attached hydrogens (tertiary/aromatic N) is 4. The zero-order valence-corrected chi connectivity index (χ0v) is 21.9. The van der Waals surface area contributed by atoms with Gasteiger partial charge in [0, 0.05) is 39.3 Å². The van der Waals surface area contributed by atoms with Crippen molar-refractivity contribution >= 4 is 29.4 Å². The highest BCUT2D eigenvalue weighted by Crippen LogP contribution is 2.36. The van der Waals surface area contributed by atoms with E-state index < -0.39 is 41.6 Å². The Labute approximate surface area is 229 Å². The molecule has 210 valence electrons. The number of carbonyl (C=O) groups is 3. The third-order valence-electron chi connectivity index (χ3n) is 6.73. The second-order valence-electron chi connectivity index (χ2n) is 9.22. The van der Waals surface area contributed by atoms with Crippen LogP contribution in [0.5, 0.6) is 0 Å². The Morgan fingerprint density at radius 3 is 2.55 bits per heavy atom. The van der Waals surface area contributed by atoms with Crippen molar-refractivity contribution in [1.82, 2.24) is 15.5 Å². The highest BCUT2D eigenvalue weighted by molar-refractivity contribution is 6.12. The number of benzene rings is 2. The SMILES string of the molecule is COCC1=NC(=O)N(C(=O)NCCNC2CN(c3ccccc3C#N)C2)[C@@H](c2ccc(F)c(F)c2)C1C(=O)OC. The molecule has 0 saturated carbocycles. The van der Waals surface area contributed by atoms with Crippen LogP contribution in [0.1, 0.15) is 17.2 Å². The molecule has 4 amide bonds. The maximum absolute atomic E-state index is 14.2. The molecular weight excluding hydrogens is 526 g/mol. The minimum absolute atomic E-state index is 0.00615. The molecule has 1 fully saturated rings. The van der Waals surface area contributed by atoms with E-state index in [-0.39, 0.29) is 30.5 Å². The number of para-hydroxylation sites is 1. The third kappa shape index (κ3) is 5.93. The zero-order valence-electron chi connectivity index (χ0n) is 21.9. The van der Waals surface area contributed by atoms with Gasteiger partial charge in [-0.25, -0.2) is 23.3 Å². The Balaban J connectivity index is 1.43. The fraction of sp³-hybridized carbons (Fsp3) is 0.370. The van der Waals surface area contributed by atoms with Gasteiger partial charge in [0.2, 0.25) is 0 Å². The monoisotopic (exact) mass is 554 g/mol. The van der Waals surface area contributed by atoms with Gasteiger partial charge in [-0.3, -0.25) is 4.79 Å². The second kappa shape index (κ2) is 12.6. The van der Waals surface area contributed by atoms with Crippen LogP contribution in [0.3, 0.4) is 0 Å². The molecular formula is C27H28F2N6O5. The van der Waals surface area contributed by atoms with Gasteiger partial charge >= 0.3 is 18.0 Å². The van der Waals surface area contributed by atoms with E-state index in [1.54, 1.807) is 6.07 Å². The predicted molar refractivity (Wildman–Crippen MR) is 140 cm³/mol. The first kappa shape index (κ1) is 28.6. The molecule has 2 atom stereocenters. The van der Waals surface area contributed by atoms with Crippen LogP contribution in [-0.4, -0.2) is 81.7 Å². The number of methoxy groups -OCH3 is 2. The molecule has 0 bridgehead atoms. The Morgan fingerprint density at radius 2 is 1.88 bits per heavy atom. The van der Waals surface area contributed by atoms with Crippen molar-refractivity contribution in [2.45, 2.75) is 12.1 Å². The average molecular weight is 555 g/mol. The molecule has 11 nitrogen and oxygen atoms in total. The number of esters is 1. The number of nitriles is 1. The third-order valence-corrected chi connectivity index (χ3v) is 6.73. The van der Waals surface area contributed by atoms with Gasteiger partial charge < -0.3 is 25.0 Å². The molecule has 13 heteroatoms. The molecule has 4 rings (SSSR count). The van der Waals surface area contributed by atoms with Crippen LogP contribution >= 0.6 is 0 Å². The number of hydrogen-bond donors (Lipinski definition) is 2. The van der Waals surface area contributed by atoms with Gasteiger partial charge in [0.1, 0.15) is 12.0 Å².